The molecule has 140 valence electrons. The first-order valence-corrected chi connectivity index (χ1v) is 8.51. The zero-order valence-electron chi connectivity index (χ0n) is 14.8. The van der Waals surface area contributed by atoms with Gasteiger partial charge in [0.2, 0.25) is 5.91 Å². The minimum absolute atomic E-state index is 0.189. The largest absolute Gasteiger partial charge is 0.490 e. The number of carbonyl (C=O) groups excluding carboxylic acids is 2. The highest BCUT2D eigenvalue weighted by Crippen LogP contribution is 2.39. The van der Waals surface area contributed by atoms with E-state index in [1.54, 1.807) is 24.4 Å². The summed E-state index contributed by atoms with van der Waals surface area (Å²) in [6.07, 6.45) is 3.94. The number of aliphatic hydroxyl groups is 1. The third-order valence-electron chi connectivity index (χ3n) is 4.51. The van der Waals surface area contributed by atoms with Crippen LogP contribution >= 0.6 is 0 Å². The maximum Gasteiger partial charge on any atom is 0.260 e. The van der Waals surface area contributed by atoms with E-state index in [4.69, 9.17) is 15.7 Å². The van der Waals surface area contributed by atoms with E-state index < -0.39 is 18.2 Å². The van der Waals surface area contributed by atoms with Gasteiger partial charge in [0, 0.05) is 12.3 Å². The second-order valence-electron chi connectivity index (χ2n) is 6.40. The summed E-state index contributed by atoms with van der Waals surface area (Å²) in [7, 11) is 0. The molecule has 2 amide bonds. The zero-order valence-corrected chi connectivity index (χ0v) is 14.8. The van der Waals surface area contributed by atoms with E-state index in [9.17, 15) is 14.7 Å². The number of primary amides is 1. The molecule has 27 heavy (non-hydrogen) atoms. The number of nitrogens with two attached hydrogens (primary N) is 1. The Morgan fingerprint density at radius 1 is 1.56 bits per heavy atom. The monoisotopic (exact) mass is 368 g/mol. The first-order valence-electron chi connectivity index (χ1n) is 8.51. The van der Waals surface area contributed by atoms with Crippen LogP contribution in [0.4, 0.5) is 5.69 Å². The van der Waals surface area contributed by atoms with Crippen LogP contribution in [0, 0.1) is 18.3 Å². The predicted molar refractivity (Wildman–Crippen MR) is 97.5 cm³/mol. The third kappa shape index (κ3) is 3.64. The Bertz CT molecular complexity index is 884. The van der Waals surface area contributed by atoms with Crippen molar-refractivity contribution in [1.82, 2.24) is 4.90 Å². The maximum absolute atomic E-state index is 13.0. The average molecular weight is 368 g/mol. The van der Waals surface area contributed by atoms with Crippen molar-refractivity contribution >= 4 is 17.5 Å². The van der Waals surface area contributed by atoms with Crippen molar-refractivity contribution in [1.29, 1.82) is 5.26 Å². The van der Waals surface area contributed by atoms with E-state index in [0.717, 1.165) is 5.56 Å². The lowest BCUT2D eigenvalue weighted by Gasteiger charge is -2.25. The van der Waals surface area contributed by atoms with Gasteiger partial charge in [-0.3, -0.25) is 9.59 Å². The van der Waals surface area contributed by atoms with Crippen LogP contribution in [0.15, 0.2) is 36.1 Å². The van der Waals surface area contributed by atoms with Gasteiger partial charge in [-0.25, -0.2) is 0 Å². The molecule has 8 nitrogen and oxygen atoms in total. The molecule has 2 atom stereocenters. The van der Waals surface area contributed by atoms with Crippen LogP contribution in [0.1, 0.15) is 28.8 Å². The molecular formula is C19H20N4O4. The molecule has 1 aromatic rings. The molecule has 4 N–H and O–H groups in total. The molecule has 2 aliphatic rings. The van der Waals surface area contributed by atoms with Crippen LogP contribution in [0.3, 0.4) is 0 Å². The van der Waals surface area contributed by atoms with Crippen LogP contribution in [0.2, 0.25) is 0 Å². The molecular weight excluding hydrogens is 348 g/mol. The summed E-state index contributed by atoms with van der Waals surface area (Å²) in [5.74, 6) is -0.413. The minimum atomic E-state index is -1.04. The maximum atomic E-state index is 13.0. The molecule has 0 aromatic heterocycles. The van der Waals surface area contributed by atoms with Crippen molar-refractivity contribution in [2.45, 2.75) is 32.0 Å². The predicted octanol–water partition coefficient (Wildman–Crippen LogP) is 1.17. The highest BCUT2D eigenvalue weighted by Gasteiger charge is 2.39. The summed E-state index contributed by atoms with van der Waals surface area (Å²) in [6.45, 7) is 2.02. The van der Waals surface area contributed by atoms with Crippen LogP contribution in [-0.2, 0) is 4.79 Å². The highest BCUT2D eigenvalue weighted by atomic mass is 16.5. The van der Waals surface area contributed by atoms with Crippen LogP contribution in [0.5, 0.6) is 5.75 Å². The smallest absolute Gasteiger partial charge is 0.260 e. The van der Waals surface area contributed by atoms with Gasteiger partial charge in [0.05, 0.1) is 29.8 Å². The van der Waals surface area contributed by atoms with Gasteiger partial charge in [-0.15, -0.1) is 0 Å². The lowest BCUT2D eigenvalue weighted by atomic mass is 10.1. The van der Waals surface area contributed by atoms with E-state index in [-0.39, 0.29) is 18.9 Å². The van der Waals surface area contributed by atoms with Gasteiger partial charge >= 0.3 is 0 Å². The van der Waals surface area contributed by atoms with Gasteiger partial charge in [-0.05, 0) is 30.5 Å². The van der Waals surface area contributed by atoms with E-state index in [0.29, 0.717) is 29.0 Å². The van der Waals surface area contributed by atoms with Crippen molar-refractivity contribution in [3.63, 3.8) is 0 Å². The van der Waals surface area contributed by atoms with E-state index in [1.165, 1.54) is 11.0 Å². The molecule has 3 rings (SSSR count). The number of benzene rings is 1. The summed E-state index contributed by atoms with van der Waals surface area (Å²) >= 11 is 0. The fraction of sp³-hybridized carbons (Fsp3) is 0.316. The number of aryl methyl sites for hydroxylation is 1. The van der Waals surface area contributed by atoms with Gasteiger partial charge in [0.15, 0.2) is 0 Å². The van der Waals surface area contributed by atoms with Crippen molar-refractivity contribution in [2.75, 3.05) is 11.9 Å². The number of amides is 2. The van der Waals surface area contributed by atoms with Gasteiger partial charge in [0.25, 0.3) is 5.91 Å². The number of hydrogen-bond donors (Lipinski definition) is 3. The second kappa shape index (κ2) is 7.51. The molecule has 0 spiro atoms. The van der Waals surface area contributed by atoms with Gasteiger partial charge in [-0.1, -0.05) is 12.1 Å². The molecule has 0 saturated carbocycles. The molecule has 0 radical (unpaired) electrons. The number of nitriles is 1. The van der Waals surface area contributed by atoms with Crippen LogP contribution < -0.4 is 15.8 Å². The summed E-state index contributed by atoms with van der Waals surface area (Å²) in [4.78, 5) is 25.4. The lowest BCUT2D eigenvalue weighted by molar-refractivity contribution is -0.113. The van der Waals surface area contributed by atoms with Crippen molar-refractivity contribution in [2.24, 2.45) is 5.73 Å². The Hall–Kier alpha value is -3.31. The summed E-state index contributed by atoms with van der Waals surface area (Å²) in [6, 6.07) is 4.93. The fourth-order valence-corrected chi connectivity index (χ4v) is 3.22. The molecule has 0 fully saturated rings. The summed E-state index contributed by atoms with van der Waals surface area (Å²) in [5, 5.41) is 22.3. The van der Waals surface area contributed by atoms with Crippen LogP contribution in [-0.4, -0.2) is 40.7 Å². The topological polar surface area (TPSA) is 129 Å². The number of aliphatic hydroxyl groups excluding tert-OH is 1. The normalized spacial score (nSPS) is 21.0. The Morgan fingerprint density at radius 2 is 2.33 bits per heavy atom. The summed E-state index contributed by atoms with van der Waals surface area (Å²) < 4.78 is 5.69. The van der Waals surface area contributed by atoms with Gasteiger partial charge in [0.1, 0.15) is 18.6 Å². The highest BCUT2D eigenvalue weighted by molar-refractivity contribution is 6.03. The number of nitrogens with zero attached hydrogens (tertiary/aromatic N) is 2. The second-order valence-corrected chi connectivity index (χ2v) is 6.40. The number of anilines is 1. The lowest BCUT2D eigenvalue weighted by Crippen LogP contribution is -2.42. The number of hydrogen-bond acceptors (Lipinski definition) is 6. The van der Waals surface area contributed by atoms with Crippen molar-refractivity contribution in [3.8, 4) is 11.8 Å². The minimum Gasteiger partial charge on any atom is -0.490 e. The molecule has 1 aromatic carbocycles. The Balaban J connectivity index is 1.97. The number of carbonyl (C=O) groups is 2. The number of fused-ring (bicyclic) bond motifs is 2. The molecule has 2 heterocycles. The molecule has 2 aliphatic heterocycles. The van der Waals surface area contributed by atoms with Gasteiger partial charge in [-0.2, -0.15) is 5.26 Å². The van der Waals surface area contributed by atoms with Crippen LogP contribution in [0.25, 0.3) is 0 Å². The summed E-state index contributed by atoms with van der Waals surface area (Å²) in [5.41, 5.74) is 7.41. The van der Waals surface area contributed by atoms with Crippen molar-refractivity contribution < 1.29 is 19.4 Å². The number of allylic oxidation sites excluding steroid dienone is 1. The van der Waals surface area contributed by atoms with Gasteiger partial charge < -0.3 is 25.8 Å². The quantitative estimate of drug-likeness (QED) is 0.529. The standard InChI is InChI=1S/C19H20N4O4/c1-11-3-5-13-16(17(11)27-8-2-7-20)22-18(25)14-9-12(4-6-15(21)24)10-23(14)19(13)26/h3-6,10,14,18,22,25H,2,8-9H2,1H3,(H2,21,24). The first kappa shape index (κ1) is 18.5. The number of rotatable bonds is 5. The Morgan fingerprint density at radius 3 is 3.04 bits per heavy atom. The van der Waals surface area contributed by atoms with E-state index >= 15 is 0 Å². The average Bonchev–Trinajstić information content (AvgIpc) is 3.03. The number of nitrogens with one attached hydrogen (secondary N) is 1. The first-order chi connectivity index (χ1) is 12.9. The zero-order chi connectivity index (χ0) is 19.6. The molecule has 2 unspecified atom stereocenters. The Kier molecular flexibility index (Phi) is 5.14. The molecule has 0 aliphatic carbocycles. The molecule has 0 bridgehead atoms. The van der Waals surface area contributed by atoms with E-state index in [2.05, 4.69) is 5.32 Å². The van der Waals surface area contributed by atoms with E-state index in [1.807, 2.05) is 13.0 Å². The molecule has 0 saturated heterocycles. The third-order valence-corrected chi connectivity index (χ3v) is 4.51. The molecule has 8 heteroatoms. The number of ether oxygens (including phenoxy) is 1. The van der Waals surface area contributed by atoms with Crippen molar-refractivity contribution in [3.05, 3.63) is 47.2 Å². The SMILES string of the molecule is Cc1ccc2c(c1OCCC#N)NC(O)C1CC(C=CC(N)=O)=CN1C2=O. The Labute approximate surface area is 156 Å². The fourth-order valence-electron chi connectivity index (χ4n) is 3.22.